The lowest BCUT2D eigenvalue weighted by Gasteiger charge is -2.09. The van der Waals surface area contributed by atoms with Crippen molar-refractivity contribution in [3.63, 3.8) is 0 Å². The summed E-state index contributed by atoms with van der Waals surface area (Å²) in [6.45, 7) is 0. The monoisotopic (exact) mass is 989 g/mol. The van der Waals surface area contributed by atoms with Crippen LogP contribution in [0.15, 0.2) is 265 Å². The molecule has 0 N–H and O–H groups in total. The first-order chi connectivity index (χ1) is 38.6. The van der Waals surface area contributed by atoms with E-state index in [2.05, 4.69) is 268 Å². The normalized spacial score (nSPS) is 12.4. The van der Waals surface area contributed by atoms with Crippen LogP contribution in [0.3, 0.4) is 0 Å². The molecule has 78 heavy (non-hydrogen) atoms. The van der Waals surface area contributed by atoms with Gasteiger partial charge in [-0.3, -0.25) is 0 Å². The lowest BCUT2D eigenvalue weighted by molar-refractivity contribution is 0.669. The summed E-state index contributed by atoms with van der Waals surface area (Å²) < 4.78 is 13.6. The molecule has 0 aliphatic carbocycles. The maximum absolute atomic E-state index is 6.32. The third-order valence-corrected chi connectivity index (χ3v) is 17.1. The molecule has 13 aromatic carbocycles. The maximum Gasteiger partial charge on any atom is 0.135 e. The second-order valence-corrected chi connectivity index (χ2v) is 21.3. The zero-order valence-electron chi connectivity index (χ0n) is 42.1. The molecule has 0 fully saturated rings. The average Bonchev–Trinajstić information content (AvgIpc) is 4.37. The number of hydrogen-bond acceptors (Lipinski definition) is 1. The van der Waals surface area contributed by atoms with E-state index in [-0.39, 0.29) is 0 Å². The van der Waals surface area contributed by atoms with Crippen LogP contribution < -0.4 is 0 Å². The van der Waals surface area contributed by atoms with E-state index in [1.165, 1.54) is 148 Å². The second kappa shape index (κ2) is 15.6. The lowest BCUT2D eigenvalue weighted by atomic mass is 9.95. The van der Waals surface area contributed by atoms with Crippen LogP contribution in [-0.2, 0) is 0 Å². The largest absolute Gasteiger partial charge is 0.456 e. The van der Waals surface area contributed by atoms with Crippen molar-refractivity contribution in [2.45, 2.75) is 0 Å². The first kappa shape index (κ1) is 41.9. The second-order valence-electron chi connectivity index (χ2n) is 21.3. The fourth-order valence-electron chi connectivity index (χ4n) is 13.5. The molecular formula is C74H43N3O. The van der Waals surface area contributed by atoms with E-state index in [4.69, 9.17) is 4.42 Å². The van der Waals surface area contributed by atoms with Gasteiger partial charge in [-0.1, -0.05) is 133 Å². The summed E-state index contributed by atoms with van der Waals surface area (Å²) in [5.41, 5.74) is 19.8. The summed E-state index contributed by atoms with van der Waals surface area (Å²) >= 11 is 0. The molecule has 4 nitrogen and oxygen atoms in total. The van der Waals surface area contributed by atoms with Crippen LogP contribution in [0.25, 0.3) is 170 Å². The van der Waals surface area contributed by atoms with Gasteiger partial charge in [-0.05, 0) is 182 Å². The van der Waals surface area contributed by atoms with Crippen molar-refractivity contribution in [1.82, 2.24) is 13.5 Å². The summed E-state index contributed by atoms with van der Waals surface area (Å²) in [7, 11) is 0. The Balaban J connectivity index is 0.843. The minimum atomic E-state index is 0.905. The highest BCUT2D eigenvalue weighted by Gasteiger charge is 2.22. The van der Waals surface area contributed by atoms with Crippen LogP contribution in [-0.4, -0.2) is 13.5 Å². The number of hydrogen-bond donors (Lipinski definition) is 0. The average molecular weight is 990 g/mol. The van der Waals surface area contributed by atoms with Gasteiger partial charge in [0.1, 0.15) is 11.2 Å². The molecule has 18 rings (SSSR count). The van der Waals surface area contributed by atoms with E-state index in [0.29, 0.717) is 0 Å². The van der Waals surface area contributed by atoms with Crippen molar-refractivity contribution in [2.24, 2.45) is 0 Å². The highest BCUT2D eigenvalue weighted by molar-refractivity contribution is 6.27. The van der Waals surface area contributed by atoms with Crippen LogP contribution in [0.2, 0.25) is 0 Å². The molecule has 0 aliphatic rings. The number of para-hydroxylation sites is 5. The summed E-state index contributed by atoms with van der Waals surface area (Å²) in [6.07, 6.45) is 0. The predicted molar refractivity (Wildman–Crippen MR) is 328 cm³/mol. The zero-order valence-corrected chi connectivity index (χ0v) is 42.1. The van der Waals surface area contributed by atoms with Crippen molar-refractivity contribution in [2.75, 3.05) is 0 Å². The van der Waals surface area contributed by atoms with Gasteiger partial charge in [0.15, 0.2) is 0 Å². The fraction of sp³-hybridized carbons (Fsp3) is 0. The van der Waals surface area contributed by atoms with Crippen molar-refractivity contribution in [1.29, 1.82) is 0 Å². The van der Waals surface area contributed by atoms with Gasteiger partial charge in [-0.15, -0.1) is 0 Å². The Morgan fingerprint density at radius 2 is 0.615 bits per heavy atom. The molecule has 0 bridgehead atoms. The molecule has 360 valence electrons. The smallest absolute Gasteiger partial charge is 0.135 e. The topological polar surface area (TPSA) is 27.4 Å². The SMILES string of the molecule is c1ccc(-n2c3ccccc3c3cc(-c4ccc5cc6c7cc(-c8ccc9oc%10ccccc%10c9c8)cc8c9cc%10ccc(-c%11ccc%12c(c%11)c%11ccccc%11n%12-c%11ccccc%11)cc%10cc9n(c6cc5c4)c78)ccc32)cc1. The first-order valence-corrected chi connectivity index (χ1v) is 26.9. The van der Waals surface area contributed by atoms with Crippen LogP contribution in [0.5, 0.6) is 0 Å². The summed E-state index contributed by atoms with van der Waals surface area (Å²) in [6, 6.07) is 96.6. The van der Waals surface area contributed by atoms with E-state index in [1.807, 2.05) is 6.07 Å². The molecule has 0 unspecified atom stereocenters. The molecule has 0 radical (unpaired) electrons. The summed E-state index contributed by atoms with van der Waals surface area (Å²) in [5, 5.41) is 17.2. The van der Waals surface area contributed by atoms with Gasteiger partial charge in [0.05, 0.1) is 38.6 Å². The van der Waals surface area contributed by atoms with Crippen LogP contribution in [0.4, 0.5) is 0 Å². The van der Waals surface area contributed by atoms with E-state index in [0.717, 1.165) is 21.9 Å². The Morgan fingerprint density at radius 3 is 1.18 bits per heavy atom. The van der Waals surface area contributed by atoms with Gasteiger partial charge in [0.2, 0.25) is 0 Å². The molecule has 18 aromatic rings. The van der Waals surface area contributed by atoms with Gasteiger partial charge in [0.25, 0.3) is 0 Å². The van der Waals surface area contributed by atoms with Crippen molar-refractivity contribution < 1.29 is 4.42 Å². The zero-order chi connectivity index (χ0) is 50.7. The molecule has 0 aliphatic heterocycles. The number of aromatic nitrogens is 3. The number of rotatable bonds is 5. The number of nitrogens with zero attached hydrogens (tertiary/aromatic N) is 3. The van der Waals surface area contributed by atoms with E-state index < -0.39 is 0 Å². The van der Waals surface area contributed by atoms with E-state index in [9.17, 15) is 0 Å². The highest BCUT2D eigenvalue weighted by Crippen LogP contribution is 2.46. The molecular weight excluding hydrogens is 947 g/mol. The molecule has 5 heterocycles. The molecule has 4 heteroatoms. The quantitative estimate of drug-likeness (QED) is 0.169. The summed E-state index contributed by atoms with van der Waals surface area (Å²) in [5.74, 6) is 0. The number of fused-ring (bicyclic) bond motifs is 17. The molecule has 5 aromatic heterocycles. The molecule has 0 amide bonds. The van der Waals surface area contributed by atoms with Gasteiger partial charge in [-0.2, -0.15) is 0 Å². The van der Waals surface area contributed by atoms with Gasteiger partial charge in [-0.25, -0.2) is 0 Å². The van der Waals surface area contributed by atoms with Crippen LogP contribution in [0.1, 0.15) is 0 Å². The molecule has 0 spiro atoms. The Morgan fingerprint density at radius 1 is 0.218 bits per heavy atom. The fourth-order valence-corrected chi connectivity index (χ4v) is 13.5. The standard InChI is InChI=1S/C74H43N3O/c1-3-13-54(14-4-1)75-66-20-10-7-17-56(66)59-35-46(27-30-68(59)75)44-23-25-48-37-61-64-40-53(50-29-32-73-63(39-50)58-19-9-12-22-72(58)78-73)41-65-62-38-49-26-24-45(34-52(49)43-71(62)77(74(64)65)70(61)42-51(48)33-44)47-28-31-69-60(36-47)57-18-8-11-21-67(57)76(69)55-15-5-2-6-16-55/h1-43H. The Hall–Kier alpha value is -10.4. The number of furan rings is 1. The molecule has 0 atom stereocenters. The van der Waals surface area contributed by atoms with Crippen LogP contribution in [0, 0.1) is 0 Å². The van der Waals surface area contributed by atoms with Gasteiger partial charge in [0, 0.05) is 65.2 Å². The van der Waals surface area contributed by atoms with Crippen molar-refractivity contribution in [3.8, 4) is 44.8 Å². The Kier molecular flexibility index (Phi) is 8.36. The Bertz CT molecular complexity index is 5270. The molecule has 0 saturated heterocycles. The van der Waals surface area contributed by atoms with E-state index in [1.54, 1.807) is 0 Å². The lowest BCUT2D eigenvalue weighted by Crippen LogP contribution is -1.92. The van der Waals surface area contributed by atoms with E-state index >= 15 is 0 Å². The minimum Gasteiger partial charge on any atom is -0.456 e. The van der Waals surface area contributed by atoms with Crippen LogP contribution >= 0.6 is 0 Å². The molecule has 0 saturated carbocycles. The maximum atomic E-state index is 6.32. The highest BCUT2D eigenvalue weighted by atomic mass is 16.3. The third kappa shape index (κ3) is 5.89. The predicted octanol–water partition coefficient (Wildman–Crippen LogP) is 20.2. The van der Waals surface area contributed by atoms with Crippen molar-refractivity contribution in [3.05, 3.63) is 261 Å². The minimum absolute atomic E-state index is 0.905. The van der Waals surface area contributed by atoms with Gasteiger partial charge < -0.3 is 18.0 Å². The third-order valence-electron chi connectivity index (χ3n) is 17.1. The van der Waals surface area contributed by atoms with Gasteiger partial charge >= 0.3 is 0 Å². The summed E-state index contributed by atoms with van der Waals surface area (Å²) in [4.78, 5) is 0. The number of benzene rings is 13. The first-order valence-electron chi connectivity index (χ1n) is 26.9. The Labute approximate surface area is 446 Å². The van der Waals surface area contributed by atoms with Crippen molar-refractivity contribution >= 4 is 125 Å².